The molecule has 0 aliphatic rings. The summed E-state index contributed by atoms with van der Waals surface area (Å²) in [5.74, 6) is -2.84. The molecule has 0 aliphatic carbocycles. The van der Waals surface area contributed by atoms with Crippen molar-refractivity contribution in [3.8, 4) is 0 Å². The monoisotopic (exact) mass is 230 g/mol. The van der Waals surface area contributed by atoms with E-state index in [1.54, 1.807) is 20.8 Å². The van der Waals surface area contributed by atoms with Crippen molar-refractivity contribution >= 4 is 24.3 Å². The second-order valence-electron chi connectivity index (χ2n) is 2.69. The van der Waals surface area contributed by atoms with Gasteiger partial charge in [-0.2, -0.15) is 0 Å². The van der Waals surface area contributed by atoms with Crippen molar-refractivity contribution in [3.63, 3.8) is 0 Å². The predicted molar refractivity (Wildman–Crippen MR) is 56.8 cm³/mol. The van der Waals surface area contributed by atoms with Crippen molar-refractivity contribution in [1.29, 1.82) is 0 Å². The van der Waals surface area contributed by atoms with Gasteiger partial charge in [0.25, 0.3) is 17.6 Å². The summed E-state index contributed by atoms with van der Waals surface area (Å²) in [6.45, 7) is 3.32. The molecule has 0 unspecified atom stereocenters. The zero-order chi connectivity index (χ0) is 12.6. The number of hydrogen-bond acceptors (Lipinski definition) is 6. The lowest BCUT2D eigenvalue weighted by Gasteiger charge is -2.10. The van der Waals surface area contributed by atoms with Crippen LogP contribution in [0.5, 0.6) is 0 Å². The van der Waals surface area contributed by atoms with Crippen LogP contribution in [0.2, 0.25) is 0 Å². The number of hydrogen-bond donors (Lipinski definition) is 0. The third-order valence-electron chi connectivity index (χ3n) is 1.57. The number of carbonyl (C=O) groups is 3. The van der Waals surface area contributed by atoms with Gasteiger partial charge in [0.15, 0.2) is 0 Å². The van der Waals surface area contributed by atoms with Crippen LogP contribution in [0.3, 0.4) is 0 Å². The van der Waals surface area contributed by atoms with Gasteiger partial charge in [-0.15, -0.1) is 0 Å². The zero-order valence-corrected chi connectivity index (χ0v) is 9.65. The van der Waals surface area contributed by atoms with Crippen LogP contribution in [0.25, 0.3) is 0 Å². The Morgan fingerprint density at radius 3 is 1.19 bits per heavy atom. The first-order chi connectivity index (χ1) is 7.58. The average Bonchev–Trinajstić information content (AvgIpc) is 2.19. The maximum Gasteiger partial charge on any atom is 0.531 e. The second kappa shape index (κ2) is 7.73. The molecule has 0 aliphatic heterocycles. The highest BCUT2D eigenvalue weighted by Gasteiger charge is 2.45. The van der Waals surface area contributed by atoms with Gasteiger partial charge in [0.2, 0.25) is 0 Å². The molecule has 0 atom stereocenters. The van der Waals surface area contributed by atoms with Crippen molar-refractivity contribution in [2.75, 3.05) is 19.8 Å². The zero-order valence-electron chi connectivity index (χ0n) is 9.65. The Morgan fingerprint density at radius 2 is 1.00 bits per heavy atom. The summed E-state index contributed by atoms with van der Waals surface area (Å²) in [5.41, 5.74) is 0. The smallest absolute Gasteiger partial charge is 0.473 e. The Hall–Kier alpha value is -1.53. The van der Waals surface area contributed by atoms with Crippen molar-refractivity contribution in [2.45, 2.75) is 20.8 Å². The molecule has 6 nitrogen and oxygen atoms in total. The first kappa shape index (κ1) is 14.5. The molecular formula is C9H15BO6. The lowest BCUT2D eigenvalue weighted by Crippen LogP contribution is -2.44. The molecule has 0 amide bonds. The molecule has 0 N–H and O–H groups in total. The van der Waals surface area contributed by atoms with E-state index in [-0.39, 0.29) is 19.8 Å². The maximum absolute atomic E-state index is 11.4. The molecule has 0 radical (unpaired) electrons. The van der Waals surface area contributed by atoms with E-state index in [0.717, 1.165) is 0 Å². The van der Waals surface area contributed by atoms with Crippen LogP contribution in [0.4, 0.5) is 14.4 Å². The number of ether oxygens (including phenoxy) is 3. The Kier molecular flexibility index (Phi) is 6.99. The molecule has 90 valence electrons. The normalized spacial score (nSPS) is 9.19. The van der Waals surface area contributed by atoms with E-state index in [4.69, 9.17) is 0 Å². The molecule has 16 heavy (non-hydrogen) atoms. The predicted octanol–water partition coefficient (Wildman–Crippen LogP) is 1.70. The molecular weight excluding hydrogens is 215 g/mol. The quantitative estimate of drug-likeness (QED) is 0.510. The molecule has 0 spiro atoms. The van der Waals surface area contributed by atoms with Gasteiger partial charge in [0, 0.05) is 0 Å². The molecule has 0 aromatic heterocycles. The molecule has 0 bridgehead atoms. The minimum absolute atomic E-state index is 0.0775. The summed E-state index contributed by atoms with van der Waals surface area (Å²) in [7, 11) is 0. The average molecular weight is 230 g/mol. The van der Waals surface area contributed by atoms with Crippen LogP contribution in [0, 0.1) is 0 Å². The summed E-state index contributed by atoms with van der Waals surface area (Å²) in [6.07, 6.45) is 0. The molecule has 0 heterocycles. The third-order valence-corrected chi connectivity index (χ3v) is 1.57. The van der Waals surface area contributed by atoms with Crippen molar-refractivity contribution < 1.29 is 28.6 Å². The van der Waals surface area contributed by atoms with Gasteiger partial charge in [0.05, 0.1) is 19.8 Å². The SMILES string of the molecule is CCOC(=O)B(C(=O)OCC)C(=O)OCC. The second-order valence-corrected chi connectivity index (χ2v) is 2.69. The Labute approximate surface area is 94.3 Å². The fourth-order valence-electron chi connectivity index (χ4n) is 0.965. The van der Waals surface area contributed by atoms with E-state index in [9.17, 15) is 14.4 Å². The summed E-state index contributed by atoms with van der Waals surface area (Å²) in [4.78, 5) is 34.1. The minimum Gasteiger partial charge on any atom is -0.473 e. The first-order valence-corrected chi connectivity index (χ1v) is 5.08. The topological polar surface area (TPSA) is 78.9 Å². The van der Waals surface area contributed by atoms with Crippen LogP contribution in [-0.4, -0.2) is 44.1 Å². The highest BCUT2D eigenvalue weighted by Crippen LogP contribution is 2.01. The van der Waals surface area contributed by atoms with E-state index >= 15 is 0 Å². The summed E-state index contributed by atoms with van der Waals surface area (Å²) >= 11 is 0. The third kappa shape index (κ3) is 4.33. The molecule has 7 heteroatoms. The molecule has 0 saturated carbocycles. The van der Waals surface area contributed by atoms with Crippen molar-refractivity contribution in [3.05, 3.63) is 0 Å². The lowest BCUT2D eigenvalue weighted by molar-refractivity contribution is 0.161. The molecule has 0 saturated heterocycles. The Bertz CT molecular complexity index is 222. The van der Waals surface area contributed by atoms with E-state index in [1.807, 2.05) is 0 Å². The molecule has 0 aromatic rings. The molecule has 0 fully saturated rings. The van der Waals surface area contributed by atoms with Crippen LogP contribution >= 0.6 is 0 Å². The highest BCUT2D eigenvalue weighted by atomic mass is 16.6. The molecule has 0 rings (SSSR count). The van der Waals surface area contributed by atoms with Gasteiger partial charge in [0.1, 0.15) is 0 Å². The Morgan fingerprint density at radius 1 is 0.750 bits per heavy atom. The van der Waals surface area contributed by atoms with Gasteiger partial charge in [-0.25, -0.2) is 0 Å². The van der Waals surface area contributed by atoms with E-state index < -0.39 is 24.3 Å². The summed E-state index contributed by atoms with van der Waals surface area (Å²) in [6, 6.07) is 0. The fraction of sp³-hybridized carbons (Fsp3) is 0.667. The van der Waals surface area contributed by atoms with E-state index in [1.165, 1.54) is 0 Å². The van der Waals surface area contributed by atoms with Crippen molar-refractivity contribution in [1.82, 2.24) is 0 Å². The van der Waals surface area contributed by atoms with Crippen molar-refractivity contribution in [2.24, 2.45) is 0 Å². The standard InChI is InChI=1S/C9H15BO6/c1-4-14-7(11)10(8(12)15-5-2)9(13)16-6-3/h4-6H2,1-3H3. The first-order valence-electron chi connectivity index (χ1n) is 5.08. The fourth-order valence-corrected chi connectivity index (χ4v) is 0.965. The highest BCUT2D eigenvalue weighted by molar-refractivity contribution is 7.25. The Balaban J connectivity index is 4.68. The largest absolute Gasteiger partial charge is 0.531 e. The maximum atomic E-state index is 11.4. The van der Waals surface area contributed by atoms with Crippen LogP contribution in [-0.2, 0) is 14.2 Å². The number of rotatable bonds is 6. The van der Waals surface area contributed by atoms with Crippen LogP contribution < -0.4 is 0 Å². The van der Waals surface area contributed by atoms with Crippen LogP contribution in [0.1, 0.15) is 20.8 Å². The van der Waals surface area contributed by atoms with Gasteiger partial charge >= 0.3 is 6.71 Å². The summed E-state index contributed by atoms with van der Waals surface area (Å²) < 4.78 is 13.8. The van der Waals surface area contributed by atoms with Crippen LogP contribution in [0.15, 0.2) is 0 Å². The number of carbonyl (C=O) groups excluding carboxylic acids is 3. The van der Waals surface area contributed by atoms with Gasteiger partial charge < -0.3 is 14.2 Å². The molecule has 0 aromatic carbocycles. The van der Waals surface area contributed by atoms with Gasteiger partial charge in [-0.1, -0.05) is 0 Å². The van der Waals surface area contributed by atoms with E-state index in [0.29, 0.717) is 0 Å². The van der Waals surface area contributed by atoms with E-state index in [2.05, 4.69) is 14.2 Å². The minimum atomic E-state index is -1.64. The summed E-state index contributed by atoms with van der Waals surface area (Å²) in [5, 5.41) is 0. The lowest BCUT2D eigenvalue weighted by atomic mass is 9.49. The van der Waals surface area contributed by atoms with Gasteiger partial charge in [-0.05, 0) is 20.8 Å². The van der Waals surface area contributed by atoms with Gasteiger partial charge in [-0.3, -0.25) is 14.4 Å².